The molecule has 166 valence electrons. The van der Waals surface area contributed by atoms with Gasteiger partial charge in [-0.3, -0.25) is 14.6 Å². The van der Waals surface area contributed by atoms with E-state index < -0.39 is 11.9 Å². The first-order valence-electron chi connectivity index (χ1n) is 10.3. The minimum atomic E-state index is -0.811. The van der Waals surface area contributed by atoms with Crippen molar-refractivity contribution in [2.45, 2.75) is 26.3 Å². The number of carbonyl (C=O) groups is 2. The fourth-order valence-corrected chi connectivity index (χ4v) is 3.28. The van der Waals surface area contributed by atoms with Crippen LogP contribution in [0.25, 0.3) is 0 Å². The third-order valence-electron chi connectivity index (χ3n) is 5.09. The fraction of sp³-hybridized carbons (Fsp3) is 0.240. The van der Waals surface area contributed by atoms with Crippen LogP contribution in [0.4, 0.5) is 0 Å². The molecule has 2 aromatic carbocycles. The molecule has 2 N–H and O–H groups in total. The van der Waals surface area contributed by atoms with Crippen LogP contribution in [-0.2, 0) is 17.8 Å². The lowest BCUT2D eigenvalue weighted by molar-refractivity contribution is -0.141. The highest BCUT2D eigenvalue weighted by atomic mass is 16.5. The van der Waals surface area contributed by atoms with E-state index in [0.717, 1.165) is 11.1 Å². The molecule has 3 rings (SSSR count). The summed E-state index contributed by atoms with van der Waals surface area (Å²) in [7, 11) is 1.56. The number of carboxylic acid groups (broad SMARTS) is 1. The number of amides is 1. The van der Waals surface area contributed by atoms with Crippen molar-refractivity contribution < 1.29 is 24.2 Å². The van der Waals surface area contributed by atoms with Gasteiger partial charge >= 0.3 is 5.97 Å². The molecule has 0 bridgehead atoms. The first kappa shape index (κ1) is 22.8. The molecule has 0 spiro atoms. The SMILES string of the molecule is CCC(Cc1ccc(OC)c(CNC(=O)c2ccc(Oc3cccnc3)cc2)c1)C(=O)O. The van der Waals surface area contributed by atoms with Gasteiger partial charge in [-0.05, 0) is 60.9 Å². The zero-order chi connectivity index (χ0) is 22.9. The Bertz CT molecular complexity index is 1050. The van der Waals surface area contributed by atoms with Crippen LogP contribution in [0.2, 0.25) is 0 Å². The maximum atomic E-state index is 12.6. The van der Waals surface area contributed by atoms with E-state index in [1.54, 1.807) is 62.0 Å². The van der Waals surface area contributed by atoms with Crippen LogP contribution in [0.1, 0.15) is 34.8 Å². The molecule has 7 heteroatoms. The van der Waals surface area contributed by atoms with Crippen molar-refractivity contribution in [3.8, 4) is 17.2 Å². The number of hydrogen-bond donors (Lipinski definition) is 2. The van der Waals surface area contributed by atoms with E-state index in [0.29, 0.717) is 35.7 Å². The Labute approximate surface area is 187 Å². The number of aliphatic carboxylic acids is 1. The summed E-state index contributed by atoms with van der Waals surface area (Å²) in [5.41, 5.74) is 2.17. The summed E-state index contributed by atoms with van der Waals surface area (Å²) >= 11 is 0. The molecule has 0 aliphatic heterocycles. The Morgan fingerprint density at radius 2 is 1.88 bits per heavy atom. The van der Waals surface area contributed by atoms with Crippen LogP contribution in [0, 0.1) is 5.92 Å². The summed E-state index contributed by atoms with van der Waals surface area (Å²) in [5.74, 6) is 0.366. The van der Waals surface area contributed by atoms with Crippen LogP contribution < -0.4 is 14.8 Å². The molecule has 0 saturated heterocycles. The fourth-order valence-electron chi connectivity index (χ4n) is 3.28. The van der Waals surface area contributed by atoms with E-state index in [9.17, 15) is 14.7 Å². The molecule has 32 heavy (non-hydrogen) atoms. The third kappa shape index (κ3) is 6.07. The first-order chi connectivity index (χ1) is 15.5. The van der Waals surface area contributed by atoms with Crippen LogP contribution in [0.3, 0.4) is 0 Å². The standard InChI is InChI=1S/C25H26N2O5/c1-3-18(25(29)30)13-17-6-11-23(31-2)20(14-17)15-27-24(28)19-7-9-21(10-8-19)32-22-5-4-12-26-16-22/h4-12,14,16,18H,3,13,15H2,1-2H3,(H,27,28)(H,29,30). The van der Waals surface area contributed by atoms with Gasteiger partial charge in [0.2, 0.25) is 0 Å². The van der Waals surface area contributed by atoms with Crippen LogP contribution in [0.15, 0.2) is 67.0 Å². The zero-order valence-corrected chi connectivity index (χ0v) is 18.1. The Balaban J connectivity index is 1.64. The molecule has 7 nitrogen and oxygen atoms in total. The molecule has 0 radical (unpaired) electrons. The molecule has 1 heterocycles. The number of aromatic nitrogens is 1. The maximum Gasteiger partial charge on any atom is 0.306 e. The van der Waals surface area contributed by atoms with Crippen molar-refractivity contribution in [1.82, 2.24) is 10.3 Å². The predicted molar refractivity (Wildman–Crippen MR) is 120 cm³/mol. The molecule has 0 aliphatic carbocycles. The molecular formula is C25H26N2O5. The van der Waals surface area contributed by atoms with Crippen LogP contribution in [0.5, 0.6) is 17.2 Å². The summed E-state index contributed by atoms with van der Waals surface area (Å²) in [4.78, 5) is 28.0. The van der Waals surface area contributed by atoms with Gasteiger partial charge in [0.25, 0.3) is 5.91 Å². The van der Waals surface area contributed by atoms with Gasteiger partial charge in [0.05, 0.1) is 19.2 Å². The molecule has 1 unspecified atom stereocenters. The van der Waals surface area contributed by atoms with Gasteiger partial charge in [0, 0.05) is 23.9 Å². The summed E-state index contributed by atoms with van der Waals surface area (Å²) in [6, 6.07) is 15.9. The lowest BCUT2D eigenvalue weighted by Gasteiger charge is -2.14. The number of nitrogens with one attached hydrogen (secondary N) is 1. The number of ether oxygens (including phenoxy) is 2. The van der Waals surface area contributed by atoms with Crippen molar-refractivity contribution in [3.05, 3.63) is 83.7 Å². The van der Waals surface area contributed by atoms with Gasteiger partial charge in [-0.2, -0.15) is 0 Å². The van der Waals surface area contributed by atoms with E-state index in [-0.39, 0.29) is 12.5 Å². The molecule has 1 amide bonds. The van der Waals surface area contributed by atoms with Gasteiger partial charge in [-0.25, -0.2) is 0 Å². The van der Waals surface area contributed by atoms with Crippen molar-refractivity contribution in [1.29, 1.82) is 0 Å². The second kappa shape index (κ2) is 10.9. The molecule has 0 aliphatic rings. The summed E-state index contributed by atoms with van der Waals surface area (Å²) < 4.78 is 11.1. The minimum Gasteiger partial charge on any atom is -0.496 e. The number of pyridine rings is 1. The average molecular weight is 434 g/mol. The second-order valence-corrected chi connectivity index (χ2v) is 7.29. The lowest BCUT2D eigenvalue weighted by Crippen LogP contribution is -2.23. The van der Waals surface area contributed by atoms with Gasteiger partial charge in [0.1, 0.15) is 17.2 Å². The number of nitrogens with zero attached hydrogens (tertiary/aromatic N) is 1. The molecule has 1 aromatic heterocycles. The van der Waals surface area contributed by atoms with Crippen LogP contribution >= 0.6 is 0 Å². The summed E-state index contributed by atoms with van der Waals surface area (Å²) in [6.07, 6.45) is 4.25. The number of carbonyl (C=O) groups excluding carboxylic acids is 1. The van der Waals surface area contributed by atoms with Crippen molar-refractivity contribution in [2.75, 3.05) is 7.11 Å². The summed E-state index contributed by atoms with van der Waals surface area (Å²) in [6.45, 7) is 2.12. The molecule has 3 aromatic rings. The molecular weight excluding hydrogens is 408 g/mol. The van der Waals surface area contributed by atoms with E-state index >= 15 is 0 Å². The van der Waals surface area contributed by atoms with E-state index in [1.807, 2.05) is 19.1 Å². The van der Waals surface area contributed by atoms with E-state index in [4.69, 9.17) is 9.47 Å². The quantitative estimate of drug-likeness (QED) is 0.489. The normalized spacial score (nSPS) is 11.4. The molecule has 1 atom stereocenters. The number of benzene rings is 2. The number of carboxylic acids is 1. The van der Waals surface area contributed by atoms with Crippen molar-refractivity contribution >= 4 is 11.9 Å². The predicted octanol–water partition coefficient (Wildman–Crippen LogP) is 4.47. The highest BCUT2D eigenvalue weighted by molar-refractivity contribution is 5.94. The zero-order valence-electron chi connectivity index (χ0n) is 18.1. The maximum absolute atomic E-state index is 12.6. The Hall–Kier alpha value is -3.87. The number of hydrogen-bond acceptors (Lipinski definition) is 5. The topological polar surface area (TPSA) is 97.8 Å². The van der Waals surface area contributed by atoms with Gasteiger partial charge in [-0.15, -0.1) is 0 Å². The second-order valence-electron chi connectivity index (χ2n) is 7.29. The monoisotopic (exact) mass is 434 g/mol. The van der Waals surface area contributed by atoms with Gasteiger partial charge in [0.15, 0.2) is 0 Å². The lowest BCUT2D eigenvalue weighted by atomic mass is 9.95. The highest BCUT2D eigenvalue weighted by Gasteiger charge is 2.17. The van der Waals surface area contributed by atoms with Gasteiger partial charge < -0.3 is 19.9 Å². The van der Waals surface area contributed by atoms with Crippen molar-refractivity contribution in [3.63, 3.8) is 0 Å². The number of rotatable bonds is 10. The Morgan fingerprint density at radius 3 is 2.50 bits per heavy atom. The highest BCUT2D eigenvalue weighted by Crippen LogP contribution is 2.23. The van der Waals surface area contributed by atoms with E-state index in [1.165, 1.54) is 0 Å². The Kier molecular flexibility index (Phi) is 7.80. The largest absolute Gasteiger partial charge is 0.496 e. The smallest absolute Gasteiger partial charge is 0.306 e. The molecule has 0 fully saturated rings. The van der Waals surface area contributed by atoms with Gasteiger partial charge in [-0.1, -0.05) is 19.1 Å². The Morgan fingerprint density at radius 1 is 1.09 bits per heavy atom. The number of methoxy groups -OCH3 is 1. The average Bonchev–Trinajstić information content (AvgIpc) is 2.82. The first-order valence-corrected chi connectivity index (χ1v) is 10.3. The molecule has 0 saturated carbocycles. The van der Waals surface area contributed by atoms with Crippen molar-refractivity contribution in [2.24, 2.45) is 5.92 Å². The third-order valence-corrected chi connectivity index (χ3v) is 5.09. The van der Waals surface area contributed by atoms with Crippen LogP contribution in [-0.4, -0.2) is 29.1 Å². The summed E-state index contributed by atoms with van der Waals surface area (Å²) in [5, 5.41) is 12.2. The minimum absolute atomic E-state index is 0.234. The van der Waals surface area contributed by atoms with E-state index in [2.05, 4.69) is 10.3 Å².